The summed E-state index contributed by atoms with van der Waals surface area (Å²) in [5.74, 6) is 4.29. The van der Waals surface area contributed by atoms with Gasteiger partial charge in [-0.2, -0.15) is 0 Å². The van der Waals surface area contributed by atoms with Crippen molar-refractivity contribution in [2.45, 2.75) is 261 Å². The van der Waals surface area contributed by atoms with Crippen LogP contribution in [-0.4, -0.2) is 135 Å². The van der Waals surface area contributed by atoms with Gasteiger partial charge in [0.15, 0.2) is 6.29 Å². The standard InChI is InChI=1S/C49H99NO9S/c1-5-8-11-14-15-16-17-18-19-20-22-27-32-42(52)44(53)41(38-58-48-47(56)46(55)45(54)43(37-51)59-48)50-49(39-57-40-49)33-28-23-21-26-31-36-60(4,34-29-24-12-9-6-2)35-30-25-13-10-7-3/h41-48,50-56H,5-40H2,1-4H3/t41-,42+,43?,44-,45?,46?,47?,48?/m0/s1. The second-order valence-electron chi connectivity index (χ2n) is 19.2. The first kappa shape index (κ1) is 56.1. The van der Waals surface area contributed by atoms with Gasteiger partial charge >= 0.3 is 0 Å². The monoisotopic (exact) mass is 878 g/mol. The second-order valence-corrected chi connectivity index (χ2v) is 23.4. The van der Waals surface area contributed by atoms with E-state index in [1.54, 1.807) is 0 Å². The number of rotatable bonds is 41. The number of hydrogen-bond acceptors (Lipinski definition) is 10. The third-order valence-corrected chi connectivity index (χ3v) is 17.3. The highest BCUT2D eigenvalue weighted by Gasteiger charge is 2.46. The predicted molar refractivity (Wildman–Crippen MR) is 251 cm³/mol. The summed E-state index contributed by atoms with van der Waals surface area (Å²) in [7, 11) is -0.544. The van der Waals surface area contributed by atoms with Crippen molar-refractivity contribution in [3.8, 4) is 0 Å². The lowest BCUT2D eigenvalue weighted by Gasteiger charge is -2.46. The summed E-state index contributed by atoms with van der Waals surface area (Å²) in [4.78, 5) is 0. The smallest absolute Gasteiger partial charge is 0.186 e. The lowest BCUT2D eigenvalue weighted by atomic mass is 9.87. The van der Waals surface area contributed by atoms with Gasteiger partial charge in [-0.1, -0.05) is 175 Å². The van der Waals surface area contributed by atoms with Gasteiger partial charge < -0.3 is 44.8 Å². The van der Waals surface area contributed by atoms with E-state index in [1.165, 1.54) is 159 Å². The number of ether oxygens (including phenoxy) is 3. The third-order valence-electron chi connectivity index (χ3n) is 13.5. The number of hydrogen-bond donors (Lipinski definition) is 7. The Labute approximate surface area is 370 Å². The van der Waals surface area contributed by atoms with Gasteiger partial charge in [-0.25, -0.2) is 10.0 Å². The Bertz CT molecular complexity index is 976. The fourth-order valence-electron chi connectivity index (χ4n) is 9.16. The van der Waals surface area contributed by atoms with Crippen LogP contribution < -0.4 is 5.32 Å². The van der Waals surface area contributed by atoms with E-state index in [9.17, 15) is 30.6 Å². The van der Waals surface area contributed by atoms with Crippen molar-refractivity contribution in [1.82, 2.24) is 5.32 Å². The summed E-state index contributed by atoms with van der Waals surface area (Å²) >= 11 is 0. The minimum absolute atomic E-state index is 0.112. The van der Waals surface area contributed by atoms with Gasteiger partial charge in [0.05, 0.1) is 50.2 Å². The lowest BCUT2D eigenvalue weighted by Crippen LogP contribution is -2.67. The van der Waals surface area contributed by atoms with Crippen LogP contribution in [0.5, 0.6) is 0 Å². The number of aliphatic hydroxyl groups is 6. The van der Waals surface area contributed by atoms with Gasteiger partial charge in [0.25, 0.3) is 0 Å². The maximum atomic E-state index is 11.6. The average molecular weight is 878 g/mol. The first-order valence-corrected chi connectivity index (χ1v) is 27.9. The van der Waals surface area contributed by atoms with Crippen LogP contribution in [-0.2, 0) is 14.2 Å². The summed E-state index contributed by atoms with van der Waals surface area (Å²) in [6.07, 6.45) is 29.3. The van der Waals surface area contributed by atoms with Gasteiger partial charge in [-0.15, -0.1) is 0 Å². The van der Waals surface area contributed by atoms with Crippen LogP contribution in [0, 0.1) is 0 Å². The van der Waals surface area contributed by atoms with Crippen LogP contribution in [0.1, 0.15) is 207 Å². The van der Waals surface area contributed by atoms with E-state index in [0.717, 1.165) is 38.5 Å². The molecule has 2 rings (SSSR count). The molecule has 5 unspecified atom stereocenters. The summed E-state index contributed by atoms with van der Waals surface area (Å²) in [5.41, 5.74) is -0.363. The Hall–Kier alpha value is -0.0500. The molecule has 2 aliphatic heterocycles. The van der Waals surface area contributed by atoms with E-state index < -0.39 is 65.6 Å². The molecule has 0 amide bonds. The fourth-order valence-corrected chi connectivity index (χ4v) is 12.5. The maximum absolute atomic E-state index is 11.6. The molecule has 360 valence electrons. The van der Waals surface area contributed by atoms with E-state index in [4.69, 9.17) is 14.2 Å². The Morgan fingerprint density at radius 2 is 1.03 bits per heavy atom. The molecular formula is C49H99NO9S. The molecule has 0 saturated carbocycles. The zero-order valence-electron chi connectivity index (χ0n) is 39.4. The molecular weight excluding hydrogens is 779 g/mol. The SMILES string of the molecule is CCCCCCCCCCCCCC[C@@H](O)[C@@H](O)[C@H](COC1OC(CO)C(O)C(O)C1O)NC1(CCCCCCCS(C)(CCCCCCC)CCCCCCC)COC1. The maximum Gasteiger partial charge on any atom is 0.186 e. The Balaban J connectivity index is 1.88. The average Bonchev–Trinajstić information content (AvgIpc) is 3.23. The van der Waals surface area contributed by atoms with Gasteiger partial charge in [-0.05, 0) is 55.6 Å². The summed E-state index contributed by atoms with van der Waals surface area (Å²) in [6, 6.07) is -0.696. The normalized spacial score (nSPS) is 23.7. The molecule has 0 spiro atoms. The molecule has 8 atom stereocenters. The molecule has 2 heterocycles. The van der Waals surface area contributed by atoms with Crippen LogP contribution in [0.3, 0.4) is 0 Å². The molecule has 0 aromatic rings. The third kappa shape index (κ3) is 23.2. The van der Waals surface area contributed by atoms with Crippen molar-refractivity contribution in [3.63, 3.8) is 0 Å². The number of unbranched alkanes of at least 4 members (excludes halogenated alkanes) is 23. The first-order chi connectivity index (χ1) is 29.0. The van der Waals surface area contributed by atoms with Crippen molar-refractivity contribution in [2.24, 2.45) is 0 Å². The van der Waals surface area contributed by atoms with E-state index in [1.807, 2.05) is 0 Å². The van der Waals surface area contributed by atoms with Crippen LogP contribution in [0.25, 0.3) is 0 Å². The topological polar surface area (TPSA) is 161 Å². The highest BCUT2D eigenvalue weighted by Crippen LogP contribution is 2.47. The Morgan fingerprint density at radius 1 is 0.600 bits per heavy atom. The molecule has 60 heavy (non-hydrogen) atoms. The molecule has 0 aromatic carbocycles. The van der Waals surface area contributed by atoms with Gasteiger partial charge in [0, 0.05) is 0 Å². The quantitative estimate of drug-likeness (QED) is 0.0295. The van der Waals surface area contributed by atoms with Crippen molar-refractivity contribution >= 4 is 10.0 Å². The van der Waals surface area contributed by atoms with Crippen LogP contribution in [0.2, 0.25) is 0 Å². The predicted octanol–water partition coefficient (Wildman–Crippen LogP) is 9.06. The van der Waals surface area contributed by atoms with Crippen molar-refractivity contribution in [1.29, 1.82) is 0 Å². The van der Waals surface area contributed by atoms with Crippen LogP contribution in [0.4, 0.5) is 0 Å². The van der Waals surface area contributed by atoms with Gasteiger partial charge in [-0.3, -0.25) is 5.32 Å². The van der Waals surface area contributed by atoms with Gasteiger partial charge in [0.1, 0.15) is 24.4 Å². The molecule has 7 N–H and O–H groups in total. The fraction of sp³-hybridized carbons (Fsp3) is 1.00. The lowest BCUT2D eigenvalue weighted by molar-refractivity contribution is -0.303. The van der Waals surface area contributed by atoms with Crippen molar-refractivity contribution in [2.75, 3.05) is 49.9 Å². The molecule has 11 heteroatoms. The van der Waals surface area contributed by atoms with E-state index in [2.05, 4.69) is 32.3 Å². The van der Waals surface area contributed by atoms with E-state index >= 15 is 0 Å². The Kier molecular flexibility index (Phi) is 32.1. The minimum atomic E-state index is -1.55. The van der Waals surface area contributed by atoms with Crippen LogP contribution >= 0.6 is 10.0 Å². The molecule has 2 aliphatic rings. The molecule has 0 radical (unpaired) electrons. The highest BCUT2D eigenvalue weighted by molar-refractivity contribution is 8.33. The second kappa shape index (κ2) is 34.3. The molecule has 2 fully saturated rings. The van der Waals surface area contributed by atoms with Crippen molar-refractivity contribution in [3.05, 3.63) is 0 Å². The number of nitrogens with one attached hydrogen (secondary N) is 1. The van der Waals surface area contributed by atoms with Crippen molar-refractivity contribution < 1.29 is 44.8 Å². The minimum Gasteiger partial charge on any atom is -0.394 e. The molecule has 0 bridgehead atoms. The summed E-state index contributed by atoms with van der Waals surface area (Å²) < 4.78 is 17.3. The molecule has 0 aromatic heterocycles. The number of aliphatic hydroxyl groups excluding tert-OH is 6. The van der Waals surface area contributed by atoms with Gasteiger partial charge in [0.2, 0.25) is 0 Å². The highest BCUT2D eigenvalue weighted by atomic mass is 32.3. The largest absolute Gasteiger partial charge is 0.394 e. The molecule has 0 aliphatic carbocycles. The van der Waals surface area contributed by atoms with Crippen LogP contribution in [0.15, 0.2) is 0 Å². The van der Waals surface area contributed by atoms with E-state index in [0.29, 0.717) is 19.6 Å². The molecule has 10 nitrogen and oxygen atoms in total. The van der Waals surface area contributed by atoms with E-state index in [-0.39, 0.29) is 12.1 Å². The molecule has 2 saturated heterocycles. The Morgan fingerprint density at radius 3 is 1.47 bits per heavy atom. The first-order valence-electron chi connectivity index (χ1n) is 25.4. The zero-order chi connectivity index (χ0) is 43.9. The summed E-state index contributed by atoms with van der Waals surface area (Å²) in [6.45, 7) is 7.19. The zero-order valence-corrected chi connectivity index (χ0v) is 40.2. The summed E-state index contributed by atoms with van der Waals surface area (Å²) in [5, 5.41) is 67.4.